The zero-order valence-corrected chi connectivity index (χ0v) is 7.87. The van der Waals surface area contributed by atoms with Crippen molar-refractivity contribution >= 4 is 11.8 Å². The lowest BCUT2D eigenvalue weighted by Gasteiger charge is -1.97. The van der Waals surface area contributed by atoms with E-state index in [0.717, 1.165) is 6.08 Å². The Morgan fingerprint density at radius 2 is 2.07 bits per heavy atom. The molecule has 14 heavy (non-hydrogen) atoms. The molecule has 0 aliphatic rings. The average molecular weight is 194 g/mol. The Hall–Kier alpha value is -1.64. The fourth-order valence-electron chi connectivity index (χ4n) is 0.968. The fourth-order valence-corrected chi connectivity index (χ4v) is 0.968. The van der Waals surface area contributed by atoms with Gasteiger partial charge in [-0.2, -0.15) is 0 Å². The van der Waals surface area contributed by atoms with E-state index in [1.165, 1.54) is 0 Å². The third-order valence-electron chi connectivity index (χ3n) is 1.58. The zero-order valence-electron chi connectivity index (χ0n) is 7.87. The smallest absolute Gasteiger partial charge is 0.333 e. The maximum absolute atomic E-state index is 13.3. The lowest BCUT2D eigenvalue weighted by Crippen LogP contribution is -1.99. The molecule has 0 aliphatic heterocycles. The van der Waals surface area contributed by atoms with Crippen molar-refractivity contribution < 1.29 is 13.9 Å². The van der Waals surface area contributed by atoms with Crippen LogP contribution in [0.4, 0.5) is 4.39 Å². The molecule has 0 spiro atoms. The first-order valence-electron chi connectivity index (χ1n) is 4.33. The van der Waals surface area contributed by atoms with E-state index < -0.39 is 11.8 Å². The van der Waals surface area contributed by atoms with Crippen LogP contribution in [-0.2, 0) is 9.53 Å². The number of hydrogen-bond donors (Lipinski definition) is 0. The van der Waals surface area contributed by atoms with Gasteiger partial charge in [0.15, 0.2) is 0 Å². The Labute approximate surface area is 82.0 Å². The van der Waals surface area contributed by atoms with Gasteiger partial charge in [0.2, 0.25) is 0 Å². The largest absolute Gasteiger partial charge is 0.463 e. The SMILES string of the molecule is CCOC(=O)/C=C(/F)c1ccccc1. The van der Waals surface area contributed by atoms with E-state index in [4.69, 9.17) is 0 Å². The summed E-state index contributed by atoms with van der Waals surface area (Å²) >= 11 is 0. The normalized spacial score (nSPS) is 11.1. The highest BCUT2D eigenvalue weighted by Crippen LogP contribution is 2.14. The molecule has 74 valence electrons. The van der Waals surface area contributed by atoms with Gasteiger partial charge in [-0.05, 0) is 6.92 Å². The van der Waals surface area contributed by atoms with Gasteiger partial charge in [-0.1, -0.05) is 30.3 Å². The van der Waals surface area contributed by atoms with E-state index in [0.29, 0.717) is 5.56 Å². The summed E-state index contributed by atoms with van der Waals surface area (Å²) in [6, 6.07) is 8.36. The van der Waals surface area contributed by atoms with Crippen molar-refractivity contribution in [2.24, 2.45) is 0 Å². The molecule has 0 saturated heterocycles. The minimum absolute atomic E-state index is 0.247. The van der Waals surface area contributed by atoms with Crippen molar-refractivity contribution in [3.63, 3.8) is 0 Å². The lowest BCUT2D eigenvalue weighted by atomic mass is 10.2. The van der Waals surface area contributed by atoms with Crippen LogP contribution < -0.4 is 0 Å². The lowest BCUT2D eigenvalue weighted by molar-refractivity contribution is -0.137. The molecule has 0 heterocycles. The van der Waals surface area contributed by atoms with Gasteiger partial charge in [0.05, 0.1) is 12.7 Å². The third-order valence-corrected chi connectivity index (χ3v) is 1.58. The highest BCUT2D eigenvalue weighted by Gasteiger charge is 2.03. The number of benzene rings is 1. The van der Waals surface area contributed by atoms with Crippen LogP contribution in [0, 0.1) is 0 Å². The van der Waals surface area contributed by atoms with Crippen LogP contribution in [0.1, 0.15) is 12.5 Å². The zero-order chi connectivity index (χ0) is 10.4. The molecule has 1 aromatic rings. The van der Waals surface area contributed by atoms with Gasteiger partial charge >= 0.3 is 5.97 Å². The predicted octanol–water partition coefficient (Wildman–Crippen LogP) is 2.56. The second-order valence-corrected chi connectivity index (χ2v) is 2.61. The summed E-state index contributed by atoms with van der Waals surface area (Å²) in [6.07, 6.45) is 0.846. The van der Waals surface area contributed by atoms with Gasteiger partial charge in [-0.15, -0.1) is 0 Å². The van der Waals surface area contributed by atoms with Crippen molar-refractivity contribution in [1.82, 2.24) is 0 Å². The Balaban J connectivity index is 2.75. The molecule has 2 nitrogen and oxygen atoms in total. The monoisotopic (exact) mass is 194 g/mol. The molecule has 1 rings (SSSR count). The van der Waals surface area contributed by atoms with Gasteiger partial charge in [-0.3, -0.25) is 0 Å². The molecule has 0 N–H and O–H groups in total. The molecule has 0 unspecified atom stereocenters. The number of carbonyl (C=O) groups is 1. The maximum Gasteiger partial charge on any atom is 0.333 e. The first-order valence-corrected chi connectivity index (χ1v) is 4.33. The Morgan fingerprint density at radius 3 is 2.64 bits per heavy atom. The van der Waals surface area contributed by atoms with E-state index in [9.17, 15) is 9.18 Å². The van der Waals surface area contributed by atoms with Crippen molar-refractivity contribution in [3.05, 3.63) is 42.0 Å². The summed E-state index contributed by atoms with van der Waals surface area (Å²) in [5.41, 5.74) is 0.376. The van der Waals surface area contributed by atoms with Crippen LogP contribution >= 0.6 is 0 Å². The van der Waals surface area contributed by atoms with Crippen LogP contribution in [0.15, 0.2) is 36.4 Å². The molecule has 3 heteroatoms. The van der Waals surface area contributed by atoms with E-state index in [2.05, 4.69) is 4.74 Å². The fraction of sp³-hybridized carbons (Fsp3) is 0.182. The number of carbonyl (C=O) groups excluding carboxylic acids is 1. The molecule has 0 fully saturated rings. The molecule has 0 bridgehead atoms. The number of esters is 1. The van der Waals surface area contributed by atoms with E-state index in [-0.39, 0.29) is 6.61 Å². The summed E-state index contributed by atoms with van der Waals surface area (Å²) in [4.78, 5) is 10.9. The minimum atomic E-state index is -0.658. The first-order chi connectivity index (χ1) is 6.74. The van der Waals surface area contributed by atoms with Crippen molar-refractivity contribution in [2.45, 2.75) is 6.92 Å². The standard InChI is InChI=1S/C11H11FO2/c1-2-14-11(13)8-10(12)9-6-4-3-5-7-9/h3-8H,2H2,1H3/b10-8+. The quantitative estimate of drug-likeness (QED) is 0.546. The van der Waals surface area contributed by atoms with E-state index >= 15 is 0 Å². The average Bonchev–Trinajstić information content (AvgIpc) is 2.19. The molecule has 0 amide bonds. The topological polar surface area (TPSA) is 26.3 Å². The van der Waals surface area contributed by atoms with Crippen molar-refractivity contribution in [1.29, 1.82) is 0 Å². The summed E-state index contributed by atoms with van der Waals surface area (Å²) in [7, 11) is 0. The van der Waals surface area contributed by atoms with Gasteiger partial charge in [0.25, 0.3) is 0 Å². The number of ether oxygens (including phenoxy) is 1. The van der Waals surface area contributed by atoms with Crippen LogP contribution in [0.5, 0.6) is 0 Å². The third kappa shape index (κ3) is 3.01. The Morgan fingerprint density at radius 1 is 1.43 bits per heavy atom. The van der Waals surface area contributed by atoms with Crippen LogP contribution in [-0.4, -0.2) is 12.6 Å². The van der Waals surface area contributed by atoms with Crippen molar-refractivity contribution in [2.75, 3.05) is 6.61 Å². The van der Waals surface area contributed by atoms with Gasteiger partial charge in [0, 0.05) is 5.56 Å². The van der Waals surface area contributed by atoms with Crippen LogP contribution in [0.3, 0.4) is 0 Å². The molecular weight excluding hydrogens is 183 g/mol. The molecular formula is C11H11FO2. The molecule has 0 aliphatic carbocycles. The molecule has 0 aromatic heterocycles. The van der Waals surface area contributed by atoms with Gasteiger partial charge in [-0.25, -0.2) is 9.18 Å². The highest BCUT2D eigenvalue weighted by molar-refractivity contribution is 5.89. The van der Waals surface area contributed by atoms with E-state index in [1.807, 2.05) is 0 Å². The maximum atomic E-state index is 13.3. The van der Waals surface area contributed by atoms with Crippen LogP contribution in [0.2, 0.25) is 0 Å². The number of rotatable bonds is 3. The summed E-state index contributed by atoms with van der Waals surface area (Å²) < 4.78 is 17.8. The van der Waals surface area contributed by atoms with Gasteiger partial charge < -0.3 is 4.74 Å². The highest BCUT2D eigenvalue weighted by atomic mass is 19.1. The molecule has 0 atom stereocenters. The van der Waals surface area contributed by atoms with Crippen molar-refractivity contribution in [3.8, 4) is 0 Å². The summed E-state index contributed by atoms with van der Waals surface area (Å²) in [6.45, 7) is 1.92. The molecule has 0 radical (unpaired) electrons. The van der Waals surface area contributed by atoms with Crippen LogP contribution in [0.25, 0.3) is 5.83 Å². The second kappa shape index (κ2) is 5.17. The van der Waals surface area contributed by atoms with E-state index in [1.54, 1.807) is 37.3 Å². The van der Waals surface area contributed by atoms with Gasteiger partial charge in [0.1, 0.15) is 5.83 Å². The Bertz CT molecular complexity index is 330. The predicted molar refractivity (Wildman–Crippen MR) is 52.2 cm³/mol. The number of hydrogen-bond acceptors (Lipinski definition) is 2. The summed E-state index contributed by atoms with van der Waals surface area (Å²) in [5.74, 6) is -1.24. The first kappa shape index (κ1) is 10.4. The minimum Gasteiger partial charge on any atom is -0.463 e. The second-order valence-electron chi connectivity index (χ2n) is 2.61. The summed E-state index contributed by atoms with van der Waals surface area (Å²) in [5, 5.41) is 0. The molecule has 1 aromatic carbocycles. The Kier molecular flexibility index (Phi) is 3.85. The molecule has 0 saturated carbocycles. The number of halogens is 1.